The Balaban J connectivity index is 1.64. The molecule has 2 amide bonds. The summed E-state index contributed by atoms with van der Waals surface area (Å²) in [7, 11) is 1.48. The fourth-order valence-electron chi connectivity index (χ4n) is 3.58. The van der Waals surface area contributed by atoms with Gasteiger partial charge in [-0.25, -0.2) is 0 Å². The van der Waals surface area contributed by atoms with Gasteiger partial charge in [0.05, 0.1) is 20.2 Å². The number of carbonyl (C=O) groups is 2. The zero-order chi connectivity index (χ0) is 20.6. The summed E-state index contributed by atoms with van der Waals surface area (Å²) >= 11 is 0. The van der Waals surface area contributed by atoms with E-state index in [1.54, 1.807) is 23.1 Å². The maximum Gasteiger partial charge on any atom is 0.255 e. The number of benzene rings is 2. The Bertz CT molecular complexity index is 863. The number of amides is 2. The molecule has 2 aromatic carbocycles. The molecule has 0 unspecified atom stereocenters. The molecular weight excluding hydrogens is 370 g/mol. The lowest BCUT2D eigenvalue weighted by atomic mass is 10.1. The van der Waals surface area contributed by atoms with Crippen LogP contribution in [0.15, 0.2) is 42.5 Å². The van der Waals surface area contributed by atoms with Gasteiger partial charge >= 0.3 is 0 Å². The van der Waals surface area contributed by atoms with Gasteiger partial charge in [0.25, 0.3) is 11.8 Å². The van der Waals surface area contributed by atoms with Crippen molar-refractivity contribution >= 4 is 11.8 Å². The van der Waals surface area contributed by atoms with Crippen LogP contribution in [0, 0.1) is 0 Å². The Morgan fingerprint density at radius 3 is 2.48 bits per heavy atom. The molecule has 1 aliphatic heterocycles. The van der Waals surface area contributed by atoms with E-state index in [9.17, 15) is 9.59 Å². The molecule has 0 aromatic heterocycles. The smallest absolute Gasteiger partial charge is 0.255 e. The van der Waals surface area contributed by atoms with Gasteiger partial charge in [0.15, 0.2) is 18.1 Å². The van der Waals surface area contributed by atoms with Crippen LogP contribution in [0.25, 0.3) is 0 Å². The molecule has 1 saturated heterocycles. The van der Waals surface area contributed by atoms with E-state index in [1.807, 2.05) is 12.1 Å². The fourth-order valence-corrected chi connectivity index (χ4v) is 3.58. The zero-order valence-corrected chi connectivity index (χ0v) is 16.7. The Morgan fingerprint density at radius 1 is 1.07 bits per heavy atom. The van der Waals surface area contributed by atoms with Gasteiger partial charge in [0.1, 0.15) is 6.54 Å². The van der Waals surface area contributed by atoms with Gasteiger partial charge < -0.3 is 25.4 Å². The molecule has 3 rings (SSSR count). The standard InChI is InChI=1S/C22H27N3O4/c1-28-20-12-16(8-9-19(20)29-15-21(23)26)22(27)24-13-17-6-2-3-7-18(17)14-25-10-4-5-11-25/h2-3,6-9,12H,4-5,10-11,13-15H2,1H3,(H2,23,26)(H,24,27)/p+1. The van der Waals surface area contributed by atoms with Crippen LogP contribution < -0.4 is 25.4 Å². The second-order valence-corrected chi connectivity index (χ2v) is 7.21. The molecule has 7 heteroatoms. The molecule has 0 saturated carbocycles. The minimum Gasteiger partial charge on any atom is -0.493 e. The van der Waals surface area contributed by atoms with Crippen molar-refractivity contribution in [2.24, 2.45) is 5.73 Å². The highest BCUT2D eigenvalue weighted by atomic mass is 16.5. The quantitative estimate of drug-likeness (QED) is 0.579. The highest BCUT2D eigenvalue weighted by Gasteiger charge is 2.17. The molecule has 0 bridgehead atoms. The molecule has 4 N–H and O–H groups in total. The van der Waals surface area contributed by atoms with E-state index >= 15 is 0 Å². The first-order valence-corrected chi connectivity index (χ1v) is 9.84. The van der Waals surface area contributed by atoms with Crippen LogP contribution >= 0.6 is 0 Å². The molecule has 0 spiro atoms. The van der Waals surface area contributed by atoms with Crippen molar-refractivity contribution in [2.45, 2.75) is 25.9 Å². The van der Waals surface area contributed by atoms with Crippen LogP contribution in [-0.2, 0) is 17.9 Å². The molecule has 1 heterocycles. The van der Waals surface area contributed by atoms with Crippen molar-refractivity contribution in [2.75, 3.05) is 26.8 Å². The zero-order valence-electron chi connectivity index (χ0n) is 16.7. The van der Waals surface area contributed by atoms with E-state index in [2.05, 4.69) is 17.4 Å². The lowest BCUT2D eigenvalue weighted by Crippen LogP contribution is -3.08. The maximum atomic E-state index is 12.6. The maximum absolute atomic E-state index is 12.6. The molecule has 29 heavy (non-hydrogen) atoms. The van der Waals surface area contributed by atoms with E-state index < -0.39 is 5.91 Å². The normalized spacial score (nSPS) is 13.8. The second kappa shape index (κ2) is 9.93. The minimum absolute atomic E-state index is 0.201. The van der Waals surface area contributed by atoms with Crippen LogP contribution in [0.2, 0.25) is 0 Å². The van der Waals surface area contributed by atoms with Crippen molar-refractivity contribution in [3.63, 3.8) is 0 Å². The molecule has 2 aromatic rings. The number of quaternary nitrogens is 1. The van der Waals surface area contributed by atoms with E-state index in [0.29, 0.717) is 23.6 Å². The predicted octanol–water partition coefficient (Wildman–Crippen LogP) is 0.668. The summed E-state index contributed by atoms with van der Waals surface area (Å²) in [6, 6.07) is 13.1. The topological polar surface area (TPSA) is 95.1 Å². The molecule has 7 nitrogen and oxygen atoms in total. The monoisotopic (exact) mass is 398 g/mol. The molecule has 154 valence electrons. The first-order chi connectivity index (χ1) is 14.1. The minimum atomic E-state index is -0.580. The number of likely N-dealkylation sites (tertiary alicyclic amines) is 1. The number of nitrogens with one attached hydrogen (secondary N) is 2. The summed E-state index contributed by atoms with van der Waals surface area (Å²) in [5, 5.41) is 2.98. The van der Waals surface area contributed by atoms with Gasteiger partial charge in [0, 0.05) is 30.5 Å². The van der Waals surface area contributed by atoms with Crippen LogP contribution in [0.5, 0.6) is 11.5 Å². The van der Waals surface area contributed by atoms with Crippen molar-refractivity contribution < 1.29 is 24.0 Å². The fraction of sp³-hybridized carbons (Fsp3) is 0.364. The van der Waals surface area contributed by atoms with Crippen LogP contribution in [0.4, 0.5) is 0 Å². The Labute approximate surface area is 170 Å². The van der Waals surface area contributed by atoms with Crippen molar-refractivity contribution in [3.8, 4) is 11.5 Å². The number of rotatable bonds is 9. The van der Waals surface area contributed by atoms with Gasteiger partial charge in [-0.2, -0.15) is 0 Å². The SMILES string of the molecule is COc1cc(C(=O)NCc2ccccc2C[NH+]2CCCC2)ccc1OCC(N)=O. The summed E-state index contributed by atoms with van der Waals surface area (Å²) in [6.45, 7) is 3.63. The average molecular weight is 398 g/mol. The second-order valence-electron chi connectivity index (χ2n) is 7.21. The molecule has 0 aliphatic carbocycles. The average Bonchev–Trinajstić information content (AvgIpc) is 3.24. The van der Waals surface area contributed by atoms with Gasteiger partial charge in [-0.05, 0) is 23.8 Å². The molecule has 0 atom stereocenters. The number of primary amides is 1. The van der Waals surface area contributed by atoms with Gasteiger partial charge in [-0.1, -0.05) is 24.3 Å². The third-order valence-electron chi connectivity index (χ3n) is 5.10. The Hall–Kier alpha value is -3.06. The van der Waals surface area contributed by atoms with E-state index in [-0.39, 0.29) is 12.5 Å². The van der Waals surface area contributed by atoms with E-state index in [0.717, 1.165) is 12.1 Å². The summed E-state index contributed by atoms with van der Waals surface area (Å²) in [6.07, 6.45) is 2.57. The summed E-state index contributed by atoms with van der Waals surface area (Å²) in [5.74, 6) is -0.0462. The van der Waals surface area contributed by atoms with Gasteiger partial charge in [0.2, 0.25) is 0 Å². The van der Waals surface area contributed by atoms with Gasteiger partial charge in [-0.3, -0.25) is 9.59 Å². The summed E-state index contributed by atoms with van der Waals surface area (Å²) in [4.78, 5) is 25.1. The Kier molecular flexibility index (Phi) is 7.08. The number of methoxy groups -OCH3 is 1. The lowest BCUT2D eigenvalue weighted by Gasteiger charge is -2.16. The highest BCUT2D eigenvalue weighted by molar-refractivity contribution is 5.94. The number of ether oxygens (including phenoxy) is 2. The van der Waals surface area contributed by atoms with E-state index in [4.69, 9.17) is 15.2 Å². The molecule has 0 radical (unpaired) electrons. The number of carbonyl (C=O) groups excluding carboxylic acids is 2. The summed E-state index contributed by atoms with van der Waals surface area (Å²) < 4.78 is 10.6. The van der Waals surface area contributed by atoms with Crippen LogP contribution in [-0.4, -0.2) is 38.6 Å². The number of hydrogen-bond donors (Lipinski definition) is 3. The number of hydrogen-bond acceptors (Lipinski definition) is 4. The predicted molar refractivity (Wildman–Crippen MR) is 109 cm³/mol. The highest BCUT2D eigenvalue weighted by Crippen LogP contribution is 2.28. The molecular formula is C22H28N3O4+. The van der Waals surface area contributed by atoms with Crippen LogP contribution in [0.3, 0.4) is 0 Å². The van der Waals surface area contributed by atoms with Gasteiger partial charge in [-0.15, -0.1) is 0 Å². The first-order valence-electron chi connectivity index (χ1n) is 9.84. The van der Waals surface area contributed by atoms with E-state index in [1.165, 1.54) is 38.6 Å². The first kappa shape index (κ1) is 20.7. The third kappa shape index (κ3) is 5.71. The van der Waals surface area contributed by atoms with Crippen molar-refractivity contribution in [1.29, 1.82) is 0 Å². The lowest BCUT2D eigenvalue weighted by molar-refractivity contribution is -0.901. The molecule has 1 fully saturated rings. The number of nitrogens with two attached hydrogens (primary N) is 1. The summed E-state index contributed by atoms with van der Waals surface area (Å²) in [5.41, 5.74) is 7.96. The largest absolute Gasteiger partial charge is 0.493 e. The van der Waals surface area contributed by atoms with Crippen molar-refractivity contribution in [1.82, 2.24) is 5.32 Å². The molecule has 1 aliphatic rings. The third-order valence-corrected chi connectivity index (χ3v) is 5.10. The van der Waals surface area contributed by atoms with Crippen LogP contribution in [0.1, 0.15) is 34.3 Å². The Morgan fingerprint density at radius 2 is 1.79 bits per heavy atom. The van der Waals surface area contributed by atoms with Crippen molar-refractivity contribution in [3.05, 3.63) is 59.2 Å².